The summed E-state index contributed by atoms with van der Waals surface area (Å²) in [5, 5.41) is 0. The minimum Gasteiger partial charge on any atom is -0.489 e. The Balaban J connectivity index is 1.37. The van der Waals surface area contributed by atoms with Gasteiger partial charge in [-0.3, -0.25) is 4.90 Å². The summed E-state index contributed by atoms with van der Waals surface area (Å²) in [7, 11) is 0. The van der Waals surface area contributed by atoms with Gasteiger partial charge in [-0.15, -0.1) is 0 Å². The first kappa shape index (κ1) is 17.0. The molecule has 2 amide bonds. The number of para-hydroxylation sites is 1. The Hall–Kier alpha value is -1.86. The van der Waals surface area contributed by atoms with E-state index in [4.69, 9.17) is 9.47 Å². The zero-order valence-corrected chi connectivity index (χ0v) is 13.8. The second kappa shape index (κ2) is 8.30. The van der Waals surface area contributed by atoms with Crippen LogP contribution in [0.5, 0.6) is 5.75 Å². The number of carbonyl (C=O) groups is 1. The third kappa shape index (κ3) is 4.36. The molecule has 0 saturated carbocycles. The predicted octanol–water partition coefficient (Wildman–Crippen LogP) is 1.27. The molecule has 2 aliphatic rings. The standard InChI is InChI=1S/C17H24FN3O3/c18-15-3-1-2-4-16(15)24-14-9-19-5-7-20(8-6-19)17(22)21-10-12-23-13-11-21/h1-4H,5-14H2. The molecule has 1 aromatic rings. The van der Waals surface area contributed by atoms with Crippen LogP contribution in [0.15, 0.2) is 24.3 Å². The van der Waals surface area contributed by atoms with E-state index in [0.717, 1.165) is 32.7 Å². The highest BCUT2D eigenvalue weighted by molar-refractivity contribution is 5.74. The van der Waals surface area contributed by atoms with Gasteiger partial charge in [0.15, 0.2) is 11.6 Å². The Morgan fingerprint density at radius 3 is 2.42 bits per heavy atom. The molecule has 0 aliphatic carbocycles. The zero-order chi connectivity index (χ0) is 16.8. The Morgan fingerprint density at radius 2 is 1.71 bits per heavy atom. The van der Waals surface area contributed by atoms with Crippen molar-refractivity contribution in [2.24, 2.45) is 0 Å². The van der Waals surface area contributed by atoms with E-state index in [1.165, 1.54) is 6.07 Å². The van der Waals surface area contributed by atoms with Crippen LogP contribution >= 0.6 is 0 Å². The van der Waals surface area contributed by atoms with Gasteiger partial charge in [-0.05, 0) is 12.1 Å². The SMILES string of the molecule is O=C(N1CCOCC1)N1CCN(CCOc2ccccc2F)CC1. The lowest BCUT2D eigenvalue weighted by Gasteiger charge is -2.38. The number of ether oxygens (including phenoxy) is 2. The number of benzene rings is 1. The van der Waals surface area contributed by atoms with E-state index in [2.05, 4.69) is 4.90 Å². The number of carbonyl (C=O) groups excluding carboxylic acids is 1. The molecule has 6 nitrogen and oxygen atoms in total. The van der Waals surface area contributed by atoms with Gasteiger partial charge in [-0.1, -0.05) is 12.1 Å². The van der Waals surface area contributed by atoms with Crippen molar-refractivity contribution in [3.05, 3.63) is 30.1 Å². The second-order valence-electron chi connectivity index (χ2n) is 5.99. The fraction of sp³-hybridized carbons (Fsp3) is 0.588. The van der Waals surface area contributed by atoms with E-state index in [0.29, 0.717) is 38.7 Å². The van der Waals surface area contributed by atoms with Gasteiger partial charge < -0.3 is 19.3 Å². The molecule has 0 N–H and O–H groups in total. The predicted molar refractivity (Wildman–Crippen MR) is 87.7 cm³/mol. The molecule has 132 valence electrons. The van der Waals surface area contributed by atoms with E-state index in [1.807, 2.05) is 9.80 Å². The molecule has 0 bridgehead atoms. The topological polar surface area (TPSA) is 45.2 Å². The van der Waals surface area contributed by atoms with Crippen molar-refractivity contribution in [3.63, 3.8) is 0 Å². The van der Waals surface area contributed by atoms with Gasteiger partial charge in [-0.2, -0.15) is 0 Å². The molecule has 2 saturated heterocycles. The highest BCUT2D eigenvalue weighted by atomic mass is 19.1. The minimum atomic E-state index is -0.335. The number of hydrogen-bond acceptors (Lipinski definition) is 4. The molecule has 2 fully saturated rings. The third-order valence-corrected chi connectivity index (χ3v) is 4.43. The van der Waals surface area contributed by atoms with Gasteiger partial charge in [0.05, 0.1) is 13.2 Å². The van der Waals surface area contributed by atoms with Crippen LogP contribution in [0.2, 0.25) is 0 Å². The molecular formula is C17H24FN3O3. The maximum Gasteiger partial charge on any atom is 0.320 e. The highest BCUT2D eigenvalue weighted by Crippen LogP contribution is 2.15. The molecule has 2 heterocycles. The lowest BCUT2D eigenvalue weighted by atomic mass is 10.3. The van der Waals surface area contributed by atoms with Crippen molar-refractivity contribution < 1.29 is 18.7 Å². The number of rotatable bonds is 4. The largest absolute Gasteiger partial charge is 0.489 e. The zero-order valence-electron chi connectivity index (χ0n) is 13.8. The van der Waals surface area contributed by atoms with Crippen molar-refractivity contribution in [2.75, 3.05) is 65.6 Å². The van der Waals surface area contributed by atoms with Crippen LogP contribution in [0.1, 0.15) is 0 Å². The molecular weight excluding hydrogens is 313 g/mol. The van der Waals surface area contributed by atoms with Gasteiger partial charge in [-0.25, -0.2) is 9.18 Å². The van der Waals surface area contributed by atoms with Crippen molar-refractivity contribution in [1.29, 1.82) is 0 Å². The van der Waals surface area contributed by atoms with Crippen LogP contribution in [0.3, 0.4) is 0 Å². The number of piperazine rings is 1. The average Bonchev–Trinajstić information content (AvgIpc) is 2.64. The summed E-state index contributed by atoms with van der Waals surface area (Å²) < 4.78 is 24.2. The number of hydrogen-bond donors (Lipinski definition) is 0. The Bertz CT molecular complexity index is 544. The van der Waals surface area contributed by atoms with Gasteiger partial charge in [0.2, 0.25) is 0 Å². The highest BCUT2D eigenvalue weighted by Gasteiger charge is 2.26. The van der Waals surface area contributed by atoms with Crippen LogP contribution in [-0.4, -0.2) is 86.4 Å². The van der Waals surface area contributed by atoms with Crippen LogP contribution in [-0.2, 0) is 4.74 Å². The summed E-state index contributed by atoms with van der Waals surface area (Å²) in [6, 6.07) is 6.54. The summed E-state index contributed by atoms with van der Waals surface area (Å²) in [4.78, 5) is 18.4. The summed E-state index contributed by atoms with van der Waals surface area (Å²) in [6.07, 6.45) is 0. The quantitative estimate of drug-likeness (QED) is 0.830. The van der Waals surface area contributed by atoms with Crippen LogP contribution < -0.4 is 4.74 Å². The van der Waals surface area contributed by atoms with Crippen molar-refractivity contribution >= 4 is 6.03 Å². The molecule has 7 heteroatoms. The van der Waals surface area contributed by atoms with E-state index in [-0.39, 0.29) is 11.8 Å². The van der Waals surface area contributed by atoms with Crippen molar-refractivity contribution in [1.82, 2.24) is 14.7 Å². The number of nitrogens with zero attached hydrogens (tertiary/aromatic N) is 3. The first-order valence-electron chi connectivity index (χ1n) is 8.45. The fourth-order valence-electron chi connectivity index (χ4n) is 2.96. The molecule has 0 spiro atoms. The summed E-state index contributed by atoms with van der Waals surface area (Å²) >= 11 is 0. The molecule has 0 unspecified atom stereocenters. The summed E-state index contributed by atoms with van der Waals surface area (Å²) in [5.74, 6) is -0.0444. The minimum absolute atomic E-state index is 0.112. The Labute approximate surface area is 141 Å². The van der Waals surface area contributed by atoms with Crippen molar-refractivity contribution in [3.8, 4) is 5.75 Å². The maximum absolute atomic E-state index is 13.5. The molecule has 3 rings (SSSR count). The fourth-order valence-corrected chi connectivity index (χ4v) is 2.96. The molecule has 0 aromatic heterocycles. The molecule has 0 atom stereocenters. The first-order valence-corrected chi connectivity index (χ1v) is 8.45. The van der Waals surface area contributed by atoms with Gasteiger partial charge in [0, 0.05) is 45.8 Å². The Kier molecular flexibility index (Phi) is 5.87. The normalized spacial score (nSPS) is 19.4. The van der Waals surface area contributed by atoms with Crippen LogP contribution in [0.4, 0.5) is 9.18 Å². The third-order valence-electron chi connectivity index (χ3n) is 4.43. The molecule has 24 heavy (non-hydrogen) atoms. The smallest absolute Gasteiger partial charge is 0.320 e. The second-order valence-corrected chi connectivity index (χ2v) is 5.99. The lowest BCUT2D eigenvalue weighted by Crippen LogP contribution is -2.55. The van der Waals surface area contributed by atoms with Gasteiger partial charge in [0.25, 0.3) is 0 Å². The van der Waals surface area contributed by atoms with Crippen LogP contribution in [0.25, 0.3) is 0 Å². The van der Waals surface area contributed by atoms with E-state index in [1.54, 1.807) is 18.2 Å². The van der Waals surface area contributed by atoms with Gasteiger partial charge >= 0.3 is 6.03 Å². The Morgan fingerprint density at radius 1 is 1.04 bits per heavy atom. The average molecular weight is 337 g/mol. The van der Waals surface area contributed by atoms with Crippen LogP contribution in [0, 0.1) is 5.82 Å². The molecule has 0 radical (unpaired) electrons. The monoisotopic (exact) mass is 337 g/mol. The summed E-state index contributed by atoms with van der Waals surface area (Å²) in [5.41, 5.74) is 0. The lowest BCUT2D eigenvalue weighted by molar-refractivity contribution is 0.0370. The number of halogens is 1. The number of morpholine rings is 1. The number of amides is 2. The molecule has 2 aliphatic heterocycles. The first-order chi connectivity index (χ1) is 11.7. The van der Waals surface area contributed by atoms with E-state index < -0.39 is 0 Å². The van der Waals surface area contributed by atoms with Gasteiger partial charge in [0.1, 0.15) is 6.61 Å². The molecule has 1 aromatic carbocycles. The van der Waals surface area contributed by atoms with E-state index in [9.17, 15) is 9.18 Å². The van der Waals surface area contributed by atoms with Crippen molar-refractivity contribution in [2.45, 2.75) is 0 Å². The summed E-state index contributed by atoms with van der Waals surface area (Å²) in [6.45, 7) is 6.84. The maximum atomic E-state index is 13.5. The number of urea groups is 1. The van der Waals surface area contributed by atoms with E-state index >= 15 is 0 Å².